The molecular formula is C13H14FNO3S2. The van der Waals surface area contributed by atoms with Crippen LogP contribution in [0.15, 0.2) is 46.0 Å². The minimum atomic E-state index is -3.59. The number of thiophene rings is 1. The molecule has 1 aromatic heterocycles. The number of aliphatic hydroxyl groups excluding tert-OH is 1. The van der Waals surface area contributed by atoms with Crippen LogP contribution in [0.25, 0.3) is 0 Å². The van der Waals surface area contributed by atoms with Crippen LogP contribution in [0.5, 0.6) is 0 Å². The average Bonchev–Trinajstić information content (AvgIpc) is 2.93. The molecule has 7 heteroatoms. The molecule has 0 bridgehead atoms. The average molecular weight is 315 g/mol. The third-order valence-corrected chi connectivity index (χ3v) is 6.04. The van der Waals surface area contributed by atoms with E-state index in [0.717, 1.165) is 15.6 Å². The highest BCUT2D eigenvalue weighted by Gasteiger charge is 2.24. The molecule has 0 aliphatic heterocycles. The number of aliphatic hydroxyl groups is 1. The van der Waals surface area contributed by atoms with Crippen LogP contribution in [0.4, 0.5) is 4.39 Å². The highest BCUT2D eigenvalue weighted by molar-refractivity contribution is 7.91. The van der Waals surface area contributed by atoms with E-state index >= 15 is 0 Å². The maximum atomic E-state index is 12.8. The zero-order valence-electron chi connectivity index (χ0n) is 10.7. The number of nitrogens with zero attached hydrogens (tertiary/aromatic N) is 1. The number of rotatable bonds is 5. The predicted octanol–water partition coefficient (Wildman–Crippen LogP) is 2.24. The van der Waals surface area contributed by atoms with E-state index in [-0.39, 0.29) is 10.8 Å². The van der Waals surface area contributed by atoms with Gasteiger partial charge in [0.2, 0.25) is 0 Å². The number of hydrogen-bond acceptors (Lipinski definition) is 4. The van der Waals surface area contributed by atoms with Gasteiger partial charge in [0.15, 0.2) is 0 Å². The summed E-state index contributed by atoms with van der Waals surface area (Å²) in [6.45, 7) is -0.0914. The van der Waals surface area contributed by atoms with Crippen molar-refractivity contribution >= 4 is 21.4 Å². The Bertz CT molecular complexity index is 653. The van der Waals surface area contributed by atoms with Gasteiger partial charge in [0, 0.05) is 13.6 Å². The second-order valence-electron chi connectivity index (χ2n) is 4.28. The third-order valence-electron chi connectivity index (χ3n) is 2.84. The predicted molar refractivity (Wildman–Crippen MR) is 75.5 cm³/mol. The Hall–Kier alpha value is -1.28. The molecule has 1 aromatic carbocycles. The molecule has 0 aliphatic carbocycles. The third kappa shape index (κ3) is 3.24. The molecule has 0 saturated heterocycles. The molecule has 0 amide bonds. The van der Waals surface area contributed by atoms with Crippen molar-refractivity contribution in [1.82, 2.24) is 4.31 Å². The maximum Gasteiger partial charge on any atom is 0.252 e. The first kappa shape index (κ1) is 15.1. The summed E-state index contributed by atoms with van der Waals surface area (Å²) in [5.74, 6) is -0.402. The van der Waals surface area contributed by atoms with Gasteiger partial charge in [-0.3, -0.25) is 0 Å². The van der Waals surface area contributed by atoms with E-state index in [2.05, 4.69) is 0 Å². The monoisotopic (exact) mass is 315 g/mol. The van der Waals surface area contributed by atoms with Crippen molar-refractivity contribution in [2.45, 2.75) is 10.3 Å². The van der Waals surface area contributed by atoms with Gasteiger partial charge in [-0.2, -0.15) is 4.31 Å². The summed E-state index contributed by atoms with van der Waals surface area (Å²) in [6, 6.07) is 8.50. The minimum Gasteiger partial charge on any atom is -0.387 e. The van der Waals surface area contributed by atoms with Gasteiger partial charge >= 0.3 is 0 Å². The van der Waals surface area contributed by atoms with Gasteiger partial charge < -0.3 is 5.11 Å². The zero-order chi connectivity index (χ0) is 14.8. The van der Waals surface area contributed by atoms with E-state index in [1.54, 1.807) is 11.4 Å². The Morgan fingerprint density at radius 2 is 1.95 bits per heavy atom. The molecule has 0 fully saturated rings. The molecule has 1 unspecified atom stereocenters. The van der Waals surface area contributed by atoms with Crippen molar-refractivity contribution in [2.24, 2.45) is 0 Å². The lowest BCUT2D eigenvalue weighted by molar-refractivity contribution is 0.155. The van der Waals surface area contributed by atoms with E-state index in [1.165, 1.54) is 37.4 Å². The van der Waals surface area contributed by atoms with Gasteiger partial charge in [-0.25, -0.2) is 12.8 Å². The topological polar surface area (TPSA) is 57.6 Å². The molecule has 0 aliphatic rings. The highest BCUT2D eigenvalue weighted by atomic mass is 32.2. The van der Waals surface area contributed by atoms with E-state index < -0.39 is 21.9 Å². The summed E-state index contributed by atoms with van der Waals surface area (Å²) in [5.41, 5.74) is 0.472. The lowest BCUT2D eigenvalue weighted by Gasteiger charge is -2.20. The summed E-state index contributed by atoms with van der Waals surface area (Å²) < 4.78 is 38.5. The number of sulfonamides is 1. The van der Waals surface area contributed by atoms with Gasteiger partial charge in [-0.1, -0.05) is 18.2 Å². The number of likely N-dealkylation sites (N-methyl/N-ethyl adjacent to an activating group) is 1. The summed E-state index contributed by atoms with van der Waals surface area (Å²) in [4.78, 5) is 0. The molecule has 0 spiro atoms. The first-order valence-corrected chi connectivity index (χ1v) is 8.16. The Labute approximate surface area is 121 Å². The lowest BCUT2D eigenvalue weighted by atomic mass is 10.1. The SMILES string of the molecule is CN(CC(O)c1ccc(F)cc1)S(=O)(=O)c1cccs1. The normalized spacial score (nSPS) is 13.6. The first-order chi connectivity index (χ1) is 9.41. The standard InChI is InChI=1S/C13H14FNO3S2/c1-15(20(17,18)13-3-2-8-19-13)9-12(16)10-4-6-11(14)7-5-10/h2-8,12,16H,9H2,1H3. The van der Waals surface area contributed by atoms with Crippen molar-refractivity contribution in [3.63, 3.8) is 0 Å². The quantitative estimate of drug-likeness (QED) is 0.920. The molecule has 108 valence electrons. The summed E-state index contributed by atoms with van der Waals surface area (Å²) in [6.07, 6.45) is -1.00. The highest BCUT2D eigenvalue weighted by Crippen LogP contribution is 2.22. The second kappa shape index (κ2) is 6.01. The van der Waals surface area contributed by atoms with E-state index in [9.17, 15) is 17.9 Å². The van der Waals surface area contributed by atoms with Crippen LogP contribution in [0.3, 0.4) is 0 Å². The Balaban J connectivity index is 2.11. The number of benzene rings is 1. The van der Waals surface area contributed by atoms with Crippen LogP contribution in [0.1, 0.15) is 11.7 Å². The first-order valence-electron chi connectivity index (χ1n) is 5.84. The number of hydrogen-bond donors (Lipinski definition) is 1. The van der Waals surface area contributed by atoms with Crippen LogP contribution in [-0.4, -0.2) is 31.4 Å². The van der Waals surface area contributed by atoms with Crippen molar-refractivity contribution in [1.29, 1.82) is 0 Å². The van der Waals surface area contributed by atoms with Gasteiger partial charge in [-0.15, -0.1) is 11.3 Å². The lowest BCUT2D eigenvalue weighted by Crippen LogP contribution is -2.30. The van der Waals surface area contributed by atoms with Gasteiger partial charge in [0.05, 0.1) is 6.10 Å². The smallest absolute Gasteiger partial charge is 0.252 e. The van der Waals surface area contributed by atoms with Crippen molar-refractivity contribution in [3.8, 4) is 0 Å². The number of halogens is 1. The van der Waals surface area contributed by atoms with Gasteiger partial charge in [-0.05, 0) is 29.1 Å². The fourth-order valence-electron chi connectivity index (χ4n) is 1.70. The van der Waals surface area contributed by atoms with Crippen molar-refractivity contribution < 1.29 is 17.9 Å². The van der Waals surface area contributed by atoms with Crippen LogP contribution < -0.4 is 0 Å². The Kier molecular flexibility index (Phi) is 4.54. The fraction of sp³-hybridized carbons (Fsp3) is 0.231. The molecule has 2 aromatic rings. The van der Waals surface area contributed by atoms with Crippen LogP contribution >= 0.6 is 11.3 Å². The van der Waals surface area contributed by atoms with Crippen LogP contribution in [0.2, 0.25) is 0 Å². The minimum absolute atomic E-state index is 0.0914. The van der Waals surface area contributed by atoms with Crippen LogP contribution in [0, 0.1) is 5.82 Å². The fourth-order valence-corrected chi connectivity index (χ4v) is 4.07. The molecule has 0 saturated carbocycles. The molecule has 1 N–H and O–H groups in total. The molecule has 1 atom stereocenters. The van der Waals surface area contributed by atoms with E-state index in [0.29, 0.717) is 5.56 Å². The van der Waals surface area contributed by atoms with Crippen LogP contribution in [-0.2, 0) is 10.0 Å². The zero-order valence-corrected chi connectivity index (χ0v) is 12.4. The second-order valence-corrected chi connectivity index (χ2v) is 7.50. The molecule has 4 nitrogen and oxygen atoms in total. The van der Waals surface area contributed by atoms with E-state index in [1.807, 2.05) is 0 Å². The molecule has 1 heterocycles. The molecule has 0 radical (unpaired) electrons. The van der Waals surface area contributed by atoms with E-state index in [4.69, 9.17) is 0 Å². The summed E-state index contributed by atoms with van der Waals surface area (Å²) >= 11 is 1.12. The van der Waals surface area contributed by atoms with Crippen molar-refractivity contribution in [3.05, 3.63) is 53.2 Å². The molecule has 2 rings (SSSR count). The largest absolute Gasteiger partial charge is 0.387 e. The Morgan fingerprint density at radius 3 is 2.50 bits per heavy atom. The summed E-state index contributed by atoms with van der Waals surface area (Å²) in [5, 5.41) is 11.7. The summed E-state index contributed by atoms with van der Waals surface area (Å²) in [7, 11) is -2.18. The van der Waals surface area contributed by atoms with Gasteiger partial charge in [0.25, 0.3) is 10.0 Å². The Morgan fingerprint density at radius 1 is 1.30 bits per heavy atom. The van der Waals surface area contributed by atoms with Crippen molar-refractivity contribution in [2.75, 3.05) is 13.6 Å². The molecular weight excluding hydrogens is 301 g/mol. The van der Waals surface area contributed by atoms with Gasteiger partial charge in [0.1, 0.15) is 10.0 Å². The maximum absolute atomic E-state index is 12.8. The molecule has 20 heavy (non-hydrogen) atoms.